The summed E-state index contributed by atoms with van der Waals surface area (Å²) in [5.74, 6) is -0.802. The molecule has 1 aromatic carbocycles. The first-order valence-corrected chi connectivity index (χ1v) is 10.6. The summed E-state index contributed by atoms with van der Waals surface area (Å²) in [6.07, 6.45) is 1.66. The van der Waals surface area contributed by atoms with E-state index in [0.717, 1.165) is 41.5 Å². The van der Waals surface area contributed by atoms with Crippen molar-refractivity contribution in [3.8, 4) is 0 Å². The molecule has 3 amide bonds. The van der Waals surface area contributed by atoms with Crippen LogP contribution in [0.25, 0.3) is 0 Å². The maximum Gasteiger partial charge on any atom is 0.255 e. The smallest absolute Gasteiger partial charge is 0.255 e. The van der Waals surface area contributed by atoms with Gasteiger partial charge in [-0.15, -0.1) is 11.3 Å². The summed E-state index contributed by atoms with van der Waals surface area (Å²) in [4.78, 5) is 43.9. The molecule has 3 aliphatic rings. The zero-order valence-corrected chi connectivity index (χ0v) is 16.6. The predicted molar refractivity (Wildman–Crippen MR) is 107 cm³/mol. The van der Waals surface area contributed by atoms with Gasteiger partial charge in [0, 0.05) is 43.0 Å². The number of imide groups is 1. The molecule has 1 saturated heterocycles. The summed E-state index contributed by atoms with van der Waals surface area (Å²) in [6.45, 7) is 2.84. The van der Waals surface area contributed by atoms with Crippen LogP contribution in [0.3, 0.4) is 0 Å². The van der Waals surface area contributed by atoms with Crippen LogP contribution in [0.2, 0.25) is 0 Å². The number of rotatable bonds is 4. The number of piperidine rings is 1. The van der Waals surface area contributed by atoms with Crippen LogP contribution in [0, 0.1) is 0 Å². The lowest BCUT2D eigenvalue weighted by molar-refractivity contribution is -0.136. The highest BCUT2D eigenvalue weighted by molar-refractivity contribution is 7.15. The second-order valence-corrected chi connectivity index (χ2v) is 8.64. The molecule has 1 atom stereocenters. The lowest BCUT2D eigenvalue weighted by atomic mass is 10.0. The molecule has 1 unspecified atom stereocenters. The number of benzene rings is 1. The van der Waals surface area contributed by atoms with Crippen LogP contribution in [0.5, 0.6) is 0 Å². The predicted octanol–water partition coefficient (Wildman–Crippen LogP) is 1.16. The Bertz CT molecular complexity index is 994. The highest BCUT2D eigenvalue weighted by atomic mass is 32.1. The molecule has 9 heteroatoms. The normalized spacial score (nSPS) is 21.0. The fourth-order valence-corrected chi connectivity index (χ4v) is 5.09. The zero-order chi connectivity index (χ0) is 20.0. The second kappa shape index (κ2) is 7.23. The number of thiazole rings is 1. The van der Waals surface area contributed by atoms with E-state index in [-0.39, 0.29) is 24.1 Å². The number of nitrogens with zero attached hydrogens (tertiary/aromatic N) is 2. The Balaban J connectivity index is 1.28. The molecule has 0 saturated carbocycles. The van der Waals surface area contributed by atoms with Gasteiger partial charge in [0.2, 0.25) is 11.8 Å². The van der Waals surface area contributed by atoms with Gasteiger partial charge in [-0.3, -0.25) is 19.7 Å². The molecule has 0 spiro atoms. The molecular formula is C20H21N5O3S. The minimum atomic E-state index is -0.579. The van der Waals surface area contributed by atoms with Gasteiger partial charge in [-0.1, -0.05) is 12.1 Å². The number of aromatic nitrogens is 1. The standard InChI is InChI=1S/C20H21N5O3S/c26-17-4-3-15(18(27)24-17)25-10-12-7-11(1-2-13(12)19(25)28)8-22-20-23-14-9-21-6-5-16(14)29-20/h1-2,7,15,21H,3-6,8-10H2,(H,22,23)(H,24,26,27). The second-order valence-electron chi connectivity index (χ2n) is 7.56. The van der Waals surface area contributed by atoms with E-state index < -0.39 is 6.04 Å². The lowest BCUT2D eigenvalue weighted by Crippen LogP contribution is -2.52. The number of amides is 3. The van der Waals surface area contributed by atoms with Gasteiger partial charge in [-0.05, 0) is 30.0 Å². The van der Waals surface area contributed by atoms with E-state index in [2.05, 4.69) is 20.9 Å². The van der Waals surface area contributed by atoms with Crippen molar-refractivity contribution in [2.75, 3.05) is 11.9 Å². The Labute approximate surface area is 171 Å². The van der Waals surface area contributed by atoms with Gasteiger partial charge in [0.1, 0.15) is 6.04 Å². The van der Waals surface area contributed by atoms with Gasteiger partial charge in [0.25, 0.3) is 5.91 Å². The van der Waals surface area contributed by atoms with E-state index in [9.17, 15) is 14.4 Å². The first-order chi connectivity index (χ1) is 14.1. The van der Waals surface area contributed by atoms with Gasteiger partial charge in [0.15, 0.2) is 5.13 Å². The van der Waals surface area contributed by atoms with Crippen LogP contribution in [-0.2, 0) is 35.6 Å². The number of anilines is 1. The Kier molecular flexibility index (Phi) is 4.56. The van der Waals surface area contributed by atoms with Crippen molar-refractivity contribution in [2.24, 2.45) is 0 Å². The van der Waals surface area contributed by atoms with Crippen molar-refractivity contribution in [1.29, 1.82) is 0 Å². The molecule has 4 heterocycles. The van der Waals surface area contributed by atoms with Crippen LogP contribution in [0.4, 0.5) is 5.13 Å². The molecule has 5 rings (SSSR count). The average Bonchev–Trinajstić information content (AvgIpc) is 3.27. The first-order valence-electron chi connectivity index (χ1n) is 9.78. The molecule has 0 aliphatic carbocycles. The molecule has 8 nitrogen and oxygen atoms in total. The van der Waals surface area contributed by atoms with Crippen LogP contribution >= 0.6 is 11.3 Å². The van der Waals surface area contributed by atoms with E-state index in [1.165, 1.54) is 4.88 Å². The Morgan fingerprint density at radius 2 is 2.14 bits per heavy atom. The number of hydrogen-bond donors (Lipinski definition) is 3. The van der Waals surface area contributed by atoms with E-state index in [1.807, 2.05) is 18.2 Å². The van der Waals surface area contributed by atoms with E-state index in [1.54, 1.807) is 16.2 Å². The maximum atomic E-state index is 12.8. The van der Waals surface area contributed by atoms with Gasteiger partial charge in [-0.2, -0.15) is 0 Å². The summed E-state index contributed by atoms with van der Waals surface area (Å²) in [6, 6.07) is 5.20. The quantitative estimate of drug-likeness (QED) is 0.653. The van der Waals surface area contributed by atoms with Crippen molar-refractivity contribution < 1.29 is 14.4 Å². The van der Waals surface area contributed by atoms with Gasteiger partial charge in [0.05, 0.1) is 5.69 Å². The molecule has 29 heavy (non-hydrogen) atoms. The minimum Gasteiger partial charge on any atom is -0.357 e. The Morgan fingerprint density at radius 1 is 1.24 bits per heavy atom. The molecule has 0 radical (unpaired) electrons. The highest BCUT2D eigenvalue weighted by Gasteiger charge is 2.39. The third-order valence-corrected chi connectivity index (χ3v) is 6.75. The minimum absolute atomic E-state index is 0.144. The number of hydrogen-bond acceptors (Lipinski definition) is 7. The van der Waals surface area contributed by atoms with Crippen LogP contribution in [0.15, 0.2) is 18.2 Å². The summed E-state index contributed by atoms with van der Waals surface area (Å²) < 4.78 is 0. The highest BCUT2D eigenvalue weighted by Crippen LogP contribution is 2.29. The molecule has 3 aliphatic heterocycles. The average molecular weight is 411 g/mol. The molecule has 150 valence electrons. The fourth-order valence-electron chi connectivity index (χ4n) is 4.12. The summed E-state index contributed by atoms with van der Waals surface area (Å²) in [7, 11) is 0. The fraction of sp³-hybridized carbons (Fsp3) is 0.400. The molecule has 3 N–H and O–H groups in total. The lowest BCUT2D eigenvalue weighted by Gasteiger charge is -2.29. The summed E-state index contributed by atoms with van der Waals surface area (Å²) in [5.41, 5.74) is 3.74. The Morgan fingerprint density at radius 3 is 2.97 bits per heavy atom. The van der Waals surface area contributed by atoms with E-state index >= 15 is 0 Å². The molecular weight excluding hydrogens is 390 g/mol. The number of carbonyl (C=O) groups excluding carboxylic acids is 3. The van der Waals surface area contributed by atoms with Crippen molar-refractivity contribution in [1.82, 2.24) is 20.5 Å². The van der Waals surface area contributed by atoms with Crippen molar-refractivity contribution in [2.45, 2.75) is 44.9 Å². The van der Waals surface area contributed by atoms with Crippen molar-refractivity contribution >= 4 is 34.2 Å². The summed E-state index contributed by atoms with van der Waals surface area (Å²) in [5, 5.41) is 9.97. The Hall–Kier alpha value is -2.78. The van der Waals surface area contributed by atoms with Crippen LogP contribution in [0.1, 0.15) is 44.9 Å². The molecule has 1 aromatic heterocycles. The summed E-state index contributed by atoms with van der Waals surface area (Å²) >= 11 is 1.70. The van der Waals surface area contributed by atoms with Gasteiger partial charge in [-0.25, -0.2) is 4.98 Å². The maximum absolute atomic E-state index is 12.8. The number of nitrogens with one attached hydrogen (secondary N) is 3. The van der Waals surface area contributed by atoms with Gasteiger partial charge < -0.3 is 15.5 Å². The van der Waals surface area contributed by atoms with Crippen LogP contribution in [-0.4, -0.2) is 40.2 Å². The number of fused-ring (bicyclic) bond motifs is 2. The van der Waals surface area contributed by atoms with Crippen LogP contribution < -0.4 is 16.0 Å². The SMILES string of the molecule is O=C1CCC(N2Cc3cc(CNc4nc5c(s4)CCNC5)ccc3C2=O)C(=O)N1. The molecule has 2 aromatic rings. The number of carbonyl (C=O) groups is 3. The third kappa shape index (κ3) is 3.40. The topological polar surface area (TPSA) is 103 Å². The van der Waals surface area contributed by atoms with E-state index in [0.29, 0.717) is 25.1 Å². The van der Waals surface area contributed by atoms with Crippen molar-refractivity contribution in [3.63, 3.8) is 0 Å². The monoisotopic (exact) mass is 411 g/mol. The molecule has 0 bridgehead atoms. The van der Waals surface area contributed by atoms with Gasteiger partial charge >= 0.3 is 0 Å². The first kappa shape index (κ1) is 18.3. The molecule has 1 fully saturated rings. The third-order valence-electron chi connectivity index (χ3n) is 5.63. The largest absolute Gasteiger partial charge is 0.357 e. The zero-order valence-electron chi connectivity index (χ0n) is 15.8. The van der Waals surface area contributed by atoms with E-state index in [4.69, 9.17) is 0 Å². The van der Waals surface area contributed by atoms with Crippen molar-refractivity contribution in [3.05, 3.63) is 45.5 Å².